The molecule has 6 nitrogen and oxygen atoms in total. The van der Waals surface area contributed by atoms with Gasteiger partial charge in [-0.15, -0.1) is 0 Å². The first-order valence-corrected chi connectivity index (χ1v) is 8.29. The number of aromatic nitrogens is 3. The lowest BCUT2D eigenvalue weighted by atomic mass is 10.1. The SMILES string of the molecule is Cn1cnc(CS(=O)(=O)CC(O)c2ccc(C(F)(F)F)cc2)n1. The van der Waals surface area contributed by atoms with Gasteiger partial charge in [-0.05, 0) is 17.7 Å². The molecule has 1 aromatic heterocycles. The minimum Gasteiger partial charge on any atom is -0.387 e. The standard InChI is InChI=1S/C13H14F3N3O3S/c1-19-8-17-12(18-19)7-23(21,22)6-11(20)9-2-4-10(5-3-9)13(14,15)16/h2-5,8,11,20H,6-7H2,1H3. The summed E-state index contributed by atoms with van der Waals surface area (Å²) in [5.41, 5.74) is -0.774. The number of hydrogen-bond donors (Lipinski definition) is 1. The summed E-state index contributed by atoms with van der Waals surface area (Å²) >= 11 is 0. The van der Waals surface area contributed by atoms with E-state index >= 15 is 0 Å². The lowest BCUT2D eigenvalue weighted by molar-refractivity contribution is -0.137. The highest BCUT2D eigenvalue weighted by Crippen LogP contribution is 2.30. The highest BCUT2D eigenvalue weighted by Gasteiger charge is 2.30. The summed E-state index contributed by atoms with van der Waals surface area (Å²) in [6.45, 7) is 0. The second kappa shape index (κ2) is 6.28. The highest BCUT2D eigenvalue weighted by atomic mass is 32.2. The molecule has 1 atom stereocenters. The third kappa shape index (κ3) is 4.76. The van der Waals surface area contributed by atoms with E-state index in [1.165, 1.54) is 11.0 Å². The summed E-state index contributed by atoms with van der Waals surface area (Å²) in [5.74, 6) is -0.991. The molecule has 0 aliphatic carbocycles. The quantitative estimate of drug-likeness (QED) is 0.884. The molecule has 10 heteroatoms. The molecule has 1 heterocycles. The van der Waals surface area contributed by atoms with E-state index < -0.39 is 39.2 Å². The van der Waals surface area contributed by atoms with Gasteiger partial charge in [0.15, 0.2) is 15.7 Å². The Morgan fingerprint density at radius 1 is 1.26 bits per heavy atom. The van der Waals surface area contributed by atoms with Gasteiger partial charge in [0.25, 0.3) is 0 Å². The number of sulfone groups is 1. The van der Waals surface area contributed by atoms with Crippen LogP contribution in [0, 0.1) is 0 Å². The van der Waals surface area contributed by atoms with Crippen molar-refractivity contribution in [3.05, 3.63) is 47.5 Å². The molecule has 1 unspecified atom stereocenters. The molecule has 23 heavy (non-hydrogen) atoms. The second-order valence-electron chi connectivity index (χ2n) is 5.02. The molecule has 0 aliphatic heterocycles. The summed E-state index contributed by atoms with van der Waals surface area (Å²) < 4.78 is 62.7. The molecule has 126 valence electrons. The molecule has 0 saturated carbocycles. The third-order valence-electron chi connectivity index (χ3n) is 3.03. The molecule has 0 fully saturated rings. The van der Waals surface area contributed by atoms with Crippen LogP contribution in [0.4, 0.5) is 13.2 Å². The van der Waals surface area contributed by atoms with Crippen LogP contribution in [0.1, 0.15) is 23.1 Å². The van der Waals surface area contributed by atoms with Gasteiger partial charge in [-0.2, -0.15) is 18.3 Å². The van der Waals surface area contributed by atoms with Crippen LogP contribution in [-0.2, 0) is 28.8 Å². The Balaban J connectivity index is 2.07. The van der Waals surface area contributed by atoms with Crippen LogP contribution in [0.3, 0.4) is 0 Å². The maximum absolute atomic E-state index is 12.5. The molecule has 1 N–H and O–H groups in total. The average Bonchev–Trinajstić information content (AvgIpc) is 2.81. The van der Waals surface area contributed by atoms with Crippen molar-refractivity contribution in [3.63, 3.8) is 0 Å². The normalized spacial score (nSPS) is 14.0. The molecule has 0 spiro atoms. The van der Waals surface area contributed by atoms with E-state index in [0.29, 0.717) is 0 Å². The summed E-state index contributed by atoms with van der Waals surface area (Å²) in [4.78, 5) is 3.79. The van der Waals surface area contributed by atoms with Crippen molar-refractivity contribution in [3.8, 4) is 0 Å². The molecule has 0 radical (unpaired) electrons. The number of nitrogens with zero attached hydrogens (tertiary/aromatic N) is 3. The van der Waals surface area contributed by atoms with Crippen LogP contribution < -0.4 is 0 Å². The summed E-state index contributed by atoms with van der Waals surface area (Å²) in [7, 11) is -2.13. The Morgan fingerprint density at radius 2 is 1.87 bits per heavy atom. The van der Waals surface area contributed by atoms with Crippen LogP contribution in [0.15, 0.2) is 30.6 Å². The number of benzene rings is 1. The number of rotatable bonds is 5. The Kier molecular flexibility index (Phi) is 4.76. The topological polar surface area (TPSA) is 85.1 Å². The fourth-order valence-corrected chi connectivity index (χ4v) is 3.25. The van der Waals surface area contributed by atoms with Crippen molar-refractivity contribution >= 4 is 9.84 Å². The molecule has 2 rings (SSSR count). The van der Waals surface area contributed by atoms with Crippen LogP contribution in [-0.4, -0.2) is 34.0 Å². The Bertz CT molecular complexity index is 770. The number of alkyl halides is 3. The summed E-state index contributed by atoms with van der Waals surface area (Å²) in [6.07, 6.45) is -4.57. The van der Waals surface area contributed by atoms with Gasteiger partial charge < -0.3 is 5.11 Å². The van der Waals surface area contributed by atoms with E-state index in [9.17, 15) is 26.7 Å². The molecule has 0 amide bonds. The van der Waals surface area contributed by atoms with E-state index in [0.717, 1.165) is 24.3 Å². The van der Waals surface area contributed by atoms with Crippen LogP contribution in [0.2, 0.25) is 0 Å². The molecule has 0 bridgehead atoms. The van der Waals surface area contributed by atoms with Crippen LogP contribution in [0.25, 0.3) is 0 Å². The van der Waals surface area contributed by atoms with Gasteiger partial charge in [-0.1, -0.05) is 12.1 Å². The van der Waals surface area contributed by atoms with Gasteiger partial charge in [0.2, 0.25) is 0 Å². The fraction of sp³-hybridized carbons (Fsp3) is 0.385. The maximum Gasteiger partial charge on any atom is 0.416 e. The molecule has 1 aromatic carbocycles. The third-order valence-corrected chi connectivity index (χ3v) is 4.55. The van der Waals surface area contributed by atoms with E-state index in [1.54, 1.807) is 7.05 Å². The average molecular weight is 349 g/mol. The predicted molar refractivity (Wildman–Crippen MR) is 74.9 cm³/mol. The van der Waals surface area contributed by atoms with Crippen molar-refractivity contribution < 1.29 is 26.7 Å². The van der Waals surface area contributed by atoms with Gasteiger partial charge in [0.1, 0.15) is 12.1 Å². The Morgan fingerprint density at radius 3 is 2.35 bits per heavy atom. The summed E-state index contributed by atoms with van der Waals surface area (Å²) in [6, 6.07) is 3.71. The fourth-order valence-electron chi connectivity index (χ4n) is 1.94. The van der Waals surface area contributed by atoms with Gasteiger partial charge >= 0.3 is 6.18 Å². The van der Waals surface area contributed by atoms with Crippen molar-refractivity contribution in [1.82, 2.24) is 14.8 Å². The van der Waals surface area contributed by atoms with Gasteiger partial charge in [-0.3, -0.25) is 4.68 Å². The Hall–Kier alpha value is -1.94. The predicted octanol–water partition coefficient (Wildman–Crippen LogP) is 1.48. The van der Waals surface area contributed by atoms with Gasteiger partial charge in [0, 0.05) is 7.05 Å². The van der Waals surface area contributed by atoms with Crippen LogP contribution >= 0.6 is 0 Å². The summed E-state index contributed by atoms with van der Waals surface area (Å²) in [5, 5.41) is 13.8. The zero-order valence-electron chi connectivity index (χ0n) is 12.0. The second-order valence-corrected chi connectivity index (χ2v) is 7.13. The first-order chi connectivity index (χ1) is 10.6. The van der Waals surface area contributed by atoms with Crippen molar-refractivity contribution in [1.29, 1.82) is 0 Å². The molecule has 0 aliphatic rings. The van der Waals surface area contributed by atoms with Crippen molar-refractivity contribution in [2.24, 2.45) is 7.05 Å². The first-order valence-electron chi connectivity index (χ1n) is 6.47. The highest BCUT2D eigenvalue weighted by molar-refractivity contribution is 7.90. The zero-order chi connectivity index (χ0) is 17.3. The lowest BCUT2D eigenvalue weighted by Gasteiger charge is -2.12. The number of aryl methyl sites for hydroxylation is 1. The monoisotopic (exact) mass is 349 g/mol. The van der Waals surface area contributed by atoms with E-state index in [-0.39, 0.29) is 11.4 Å². The van der Waals surface area contributed by atoms with Gasteiger partial charge in [0.05, 0.1) is 17.4 Å². The molecule has 2 aromatic rings. The van der Waals surface area contributed by atoms with E-state index in [2.05, 4.69) is 10.1 Å². The number of aliphatic hydroxyl groups excluding tert-OH is 1. The molecule has 0 saturated heterocycles. The zero-order valence-corrected chi connectivity index (χ0v) is 12.8. The minimum atomic E-state index is -4.49. The number of aliphatic hydroxyl groups is 1. The van der Waals surface area contributed by atoms with E-state index in [1.807, 2.05) is 0 Å². The first kappa shape index (κ1) is 17.4. The van der Waals surface area contributed by atoms with E-state index in [4.69, 9.17) is 0 Å². The minimum absolute atomic E-state index is 0.0899. The smallest absolute Gasteiger partial charge is 0.387 e. The van der Waals surface area contributed by atoms with Crippen molar-refractivity contribution in [2.45, 2.75) is 18.0 Å². The Labute approximate surface area is 130 Å². The molecular formula is C13H14F3N3O3S. The number of hydrogen-bond acceptors (Lipinski definition) is 5. The van der Waals surface area contributed by atoms with Crippen molar-refractivity contribution in [2.75, 3.05) is 5.75 Å². The van der Waals surface area contributed by atoms with Crippen LogP contribution in [0.5, 0.6) is 0 Å². The van der Waals surface area contributed by atoms with Gasteiger partial charge in [-0.25, -0.2) is 13.4 Å². The lowest BCUT2D eigenvalue weighted by Crippen LogP contribution is -2.17. The number of halogens is 3. The molecular weight excluding hydrogens is 335 g/mol. The largest absolute Gasteiger partial charge is 0.416 e. The maximum atomic E-state index is 12.5.